The molecular weight excluding hydrogens is 254 g/mol. The third kappa shape index (κ3) is 6.99. The van der Waals surface area contributed by atoms with Gasteiger partial charge in [-0.2, -0.15) is 0 Å². The number of benzene rings is 1. The number of para-hydroxylation sites is 1. The normalized spacial score (nSPS) is 12.8. The van der Waals surface area contributed by atoms with Gasteiger partial charge in [0.1, 0.15) is 11.9 Å². The van der Waals surface area contributed by atoms with Crippen LogP contribution >= 0.6 is 0 Å². The molecule has 20 heavy (non-hydrogen) atoms. The maximum atomic E-state index is 5.79. The van der Waals surface area contributed by atoms with Crippen LogP contribution in [-0.2, 0) is 4.74 Å². The van der Waals surface area contributed by atoms with E-state index in [2.05, 4.69) is 15.6 Å². The van der Waals surface area contributed by atoms with Crippen LogP contribution < -0.4 is 15.4 Å². The summed E-state index contributed by atoms with van der Waals surface area (Å²) < 4.78 is 10.8. The Labute approximate surface area is 121 Å². The highest BCUT2D eigenvalue weighted by atomic mass is 16.5. The summed E-state index contributed by atoms with van der Waals surface area (Å²) >= 11 is 0. The van der Waals surface area contributed by atoms with Gasteiger partial charge in [0.2, 0.25) is 0 Å². The molecule has 0 bridgehead atoms. The van der Waals surface area contributed by atoms with Crippen LogP contribution in [0.5, 0.6) is 5.75 Å². The topological polar surface area (TPSA) is 54.9 Å². The molecule has 1 aromatic carbocycles. The van der Waals surface area contributed by atoms with Crippen molar-refractivity contribution < 1.29 is 9.47 Å². The summed E-state index contributed by atoms with van der Waals surface area (Å²) in [5.74, 6) is 1.66. The summed E-state index contributed by atoms with van der Waals surface area (Å²) in [6, 6.07) is 9.81. The maximum absolute atomic E-state index is 5.79. The van der Waals surface area contributed by atoms with Crippen LogP contribution in [-0.4, -0.2) is 45.9 Å². The lowest BCUT2D eigenvalue weighted by Gasteiger charge is -2.17. The lowest BCUT2D eigenvalue weighted by atomic mass is 10.3. The van der Waals surface area contributed by atoms with Crippen molar-refractivity contribution >= 4 is 5.96 Å². The van der Waals surface area contributed by atoms with Gasteiger partial charge in [-0.05, 0) is 25.5 Å². The number of guanidine groups is 1. The molecule has 0 aromatic heterocycles. The Hall–Kier alpha value is -1.75. The molecule has 1 aromatic rings. The fourth-order valence-corrected chi connectivity index (χ4v) is 1.66. The zero-order chi connectivity index (χ0) is 14.6. The molecule has 0 amide bonds. The molecule has 1 atom stereocenters. The van der Waals surface area contributed by atoms with E-state index in [1.54, 1.807) is 14.2 Å². The molecule has 0 radical (unpaired) electrons. The minimum Gasteiger partial charge on any atom is -0.489 e. The Morgan fingerprint density at radius 2 is 2.00 bits per heavy atom. The van der Waals surface area contributed by atoms with Crippen molar-refractivity contribution in [2.75, 3.05) is 33.9 Å². The summed E-state index contributed by atoms with van der Waals surface area (Å²) in [7, 11) is 3.46. The van der Waals surface area contributed by atoms with E-state index in [1.807, 2.05) is 37.3 Å². The van der Waals surface area contributed by atoms with Crippen molar-refractivity contribution in [2.24, 2.45) is 4.99 Å². The number of hydrogen-bond acceptors (Lipinski definition) is 3. The fraction of sp³-hybridized carbons (Fsp3) is 0.533. The molecule has 1 unspecified atom stereocenters. The summed E-state index contributed by atoms with van der Waals surface area (Å²) in [5, 5.41) is 6.47. The van der Waals surface area contributed by atoms with E-state index in [-0.39, 0.29) is 6.10 Å². The summed E-state index contributed by atoms with van der Waals surface area (Å²) in [6.45, 7) is 4.30. The van der Waals surface area contributed by atoms with Crippen LogP contribution in [0, 0.1) is 0 Å². The fourth-order valence-electron chi connectivity index (χ4n) is 1.66. The second kappa shape index (κ2) is 10.1. The number of ether oxygens (including phenoxy) is 2. The maximum Gasteiger partial charge on any atom is 0.191 e. The predicted molar refractivity (Wildman–Crippen MR) is 82.4 cm³/mol. The molecule has 0 saturated heterocycles. The van der Waals surface area contributed by atoms with Gasteiger partial charge >= 0.3 is 0 Å². The zero-order valence-corrected chi connectivity index (χ0v) is 12.6. The zero-order valence-electron chi connectivity index (χ0n) is 12.6. The second-order valence-electron chi connectivity index (χ2n) is 4.47. The van der Waals surface area contributed by atoms with Crippen LogP contribution in [0.3, 0.4) is 0 Å². The largest absolute Gasteiger partial charge is 0.489 e. The molecule has 0 spiro atoms. The molecule has 0 aliphatic rings. The number of nitrogens with one attached hydrogen (secondary N) is 2. The van der Waals surface area contributed by atoms with Crippen molar-refractivity contribution in [1.82, 2.24) is 10.6 Å². The standard InChI is InChI=1S/C15H25N3O2/c1-13(20-14-8-5-4-6-9-14)12-18-15(16-2)17-10-7-11-19-3/h4-6,8-9,13H,7,10-12H2,1-3H3,(H2,16,17,18). The van der Waals surface area contributed by atoms with Gasteiger partial charge in [-0.1, -0.05) is 18.2 Å². The quantitative estimate of drug-likeness (QED) is 0.432. The van der Waals surface area contributed by atoms with E-state index >= 15 is 0 Å². The first kappa shape index (κ1) is 16.3. The Morgan fingerprint density at radius 3 is 2.65 bits per heavy atom. The summed E-state index contributed by atoms with van der Waals surface area (Å²) in [5.41, 5.74) is 0. The molecule has 0 aliphatic heterocycles. The smallest absolute Gasteiger partial charge is 0.191 e. The van der Waals surface area contributed by atoms with Gasteiger partial charge in [0.25, 0.3) is 0 Å². The highest BCUT2D eigenvalue weighted by Gasteiger charge is 2.05. The molecule has 112 valence electrons. The van der Waals surface area contributed by atoms with Crippen LogP contribution in [0.25, 0.3) is 0 Å². The minimum atomic E-state index is 0.0647. The van der Waals surface area contributed by atoms with Gasteiger partial charge in [0.15, 0.2) is 5.96 Å². The SMILES string of the molecule is CN=C(NCCCOC)NCC(C)Oc1ccccc1. The number of methoxy groups -OCH3 is 1. The lowest BCUT2D eigenvalue weighted by Crippen LogP contribution is -2.42. The average molecular weight is 279 g/mol. The third-order valence-corrected chi connectivity index (χ3v) is 2.68. The molecular formula is C15H25N3O2. The van der Waals surface area contributed by atoms with E-state index in [0.717, 1.165) is 31.3 Å². The van der Waals surface area contributed by atoms with Crippen molar-refractivity contribution in [1.29, 1.82) is 0 Å². The van der Waals surface area contributed by atoms with Crippen molar-refractivity contribution in [3.05, 3.63) is 30.3 Å². The van der Waals surface area contributed by atoms with E-state index < -0.39 is 0 Å². The van der Waals surface area contributed by atoms with Gasteiger partial charge in [-0.3, -0.25) is 4.99 Å². The van der Waals surface area contributed by atoms with Crippen molar-refractivity contribution in [2.45, 2.75) is 19.4 Å². The van der Waals surface area contributed by atoms with Crippen LogP contribution in [0.1, 0.15) is 13.3 Å². The van der Waals surface area contributed by atoms with Crippen LogP contribution in [0.2, 0.25) is 0 Å². The molecule has 0 heterocycles. The van der Waals surface area contributed by atoms with Gasteiger partial charge in [0.05, 0.1) is 6.54 Å². The molecule has 0 fully saturated rings. The van der Waals surface area contributed by atoms with Gasteiger partial charge in [-0.15, -0.1) is 0 Å². The van der Waals surface area contributed by atoms with Gasteiger partial charge < -0.3 is 20.1 Å². The van der Waals surface area contributed by atoms with E-state index in [1.165, 1.54) is 0 Å². The Balaban J connectivity index is 2.23. The Bertz CT molecular complexity index is 382. The van der Waals surface area contributed by atoms with Crippen molar-refractivity contribution in [3.63, 3.8) is 0 Å². The molecule has 5 heteroatoms. The third-order valence-electron chi connectivity index (χ3n) is 2.68. The van der Waals surface area contributed by atoms with Crippen LogP contribution in [0.4, 0.5) is 0 Å². The monoisotopic (exact) mass is 279 g/mol. The molecule has 2 N–H and O–H groups in total. The highest BCUT2D eigenvalue weighted by molar-refractivity contribution is 5.79. The van der Waals surface area contributed by atoms with E-state index in [9.17, 15) is 0 Å². The molecule has 5 nitrogen and oxygen atoms in total. The Kier molecular flexibility index (Phi) is 8.22. The first-order chi connectivity index (χ1) is 9.76. The molecule has 0 saturated carbocycles. The van der Waals surface area contributed by atoms with Gasteiger partial charge in [-0.25, -0.2) is 0 Å². The Morgan fingerprint density at radius 1 is 1.25 bits per heavy atom. The number of nitrogens with zero attached hydrogens (tertiary/aromatic N) is 1. The first-order valence-electron chi connectivity index (χ1n) is 6.91. The minimum absolute atomic E-state index is 0.0647. The number of hydrogen-bond donors (Lipinski definition) is 2. The first-order valence-corrected chi connectivity index (χ1v) is 6.91. The van der Waals surface area contributed by atoms with Crippen molar-refractivity contribution in [3.8, 4) is 5.75 Å². The lowest BCUT2D eigenvalue weighted by molar-refractivity contribution is 0.195. The highest BCUT2D eigenvalue weighted by Crippen LogP contribution is 2.10. The predicted octanol–water partition coefficient (Wildman–Crippen LogP) is 1.66. The molecule has 1 rings (SSSR count). The van der Waals surface area contributed by atoms with Gasteiger partial charge in [0, 0.05) is 27.3 Å². The molecule has 0 aliphatic carbocycles. The average Bonchev–Trinajstić information content (AvgIpc) is 2.47. The van der Waals surface area contributed by atoms with Crippen LogP contribution in [0.15, 0.2) is 35.3 Å². The number of aliphatic imine (C=N–C) groups is 1. The van der Waals surface area contributed by atoms with E-state index in [0.29, 0.717) is 6.54 Å². The summed E-state index contributed by atoms with van der Waals surface area (Å²) in [4.78, 5) is 4.16. The summed E-state index contributed by atoms with van der Waals surface area (Å²) in [6.07, 6.45) is 1.02. The number of rotatable bonds is 8. The van der Waals surface area contributed by atoms with E-state index in [4.69, 9.17) is 9.47 Å². The second-order valence-corrected chi connectivity index (χ2v) is 4.47.